The van der Waals surface area contributed by atoms with Crippen molar-refractivity contribution in [2.75, 3.05) is 0 Å². The first-order chi connectivity index (χ1) is 6.39. The van der Waals surface area contributed by atoms with Crippen LogP contribution in [-0.4, -0.2) is 11.2 Å². The number of hydrogen-bond acceptors (Lipinski definition) is 1. The molecule has 0 fully saturated rings. The number of rotatable bonds is 1. The smallest absolute Gasteiger partial charge is 0.228 e. The van der Waals surface area contributed by atoms with Gasteiger partial charge in [0.05, 0.1) is 0 Å². The summed E-state index contributed by atoms with van der Waals surface area (Å²) in [4.78, 5) is 3.07. The van der Waals surface area contributed by atoms with E-state index in [1.54, 1.807) is 0 Å². The molecule has 1 nitrogen and oxygen atoms in total. The molecule has 0 radical (unpaired) electrons. The fourth-order valence-electron chi connectivity index (χ4n) is 0.701. The highest BCUT2D eigenvalue weighted by Gasteiger charge is 2.34. The van der Waals surface area contributed by atoms with Crippen LogP contribution in [0.4, 0.5) is 22.0 Å². The van der Waals surface area contributed by atoms with Crippen LogP contribution in [0.5, 0.6) is 0 Å². The van der Waals surface area contributed by atoms with Gasteiger partial charge in [0.1, 0.15) is 0 Å². The SMILES string of the molecule is F/C(=C/c1ccc(F)nc1)C(F)(F)F. The number of nitrogens with zero attached hydrogens (tertiary/aromatic N) is 1. The Bertz CT molecular complexity index is 338. The Morgan fingerprint density at radius 1 is 1.29 bits per heavy atom. The lowest BCUT2D eigenvalue weighted by Crippen LogP contribution is -2.07. The molecule has 0 bridgehead atoms. The third kappa shape index (κ3) is 2.79. The molecule has 0 spiro atoms. The number of pyridine rings is 1. The van der Waals surface area contributed by atoms with Crippen molar-refractivity contribution >= 4 is 6.08 Å². The standard InChI is InChI=1S/C8H4F5N/c9-6(8(11,12)13)3-5-1-2-7(10)14-4-5/h1-4H/b6-3+. The molecule has 0 aliphatic heterocycles. The molecule has 0 aliphatic rings. The van der Waals surface area contributed by atoms with Crippen LogP contribution in [0.15, 0.2) is 24.2 Å². The summed E-state index contributed by atoms with van der Waals surface area (Å²) >= 11 is 0. The summed E-state index contributed by atoms with van der Waals surface area (Å²) < 4.78 is 59.5. The first-order valence-corrected chi connectivity index (χ1v) is 3.45. The molecule has 0 amide bonds. The van der Waals surface area contributed by atoms with Gasteiger partial charge in [0.15, 0.2) is 0 Å². The van der Waals surface area contributed by atoms with Crippen molar-refractivity contribution in [3.05, 3.63) is 35.7 Å². The van der Waals surface area contributed by atoms with E-state index >= 15 is 0 Å². The lowest BCUT2D eigenvalue weighted by Gasteiger charge is -2.01. The van der Waals surface area contributed by atoms with Gasteiger partial charge in [-0.25, -0.2) is 9.37 Å². The molecule has 14 heavy (non-hydrogen) atoms. The average Bonchev–Trinajstić information content (AvgIpc) is 2.07. The summed E-state index contributed by atoms with van der Waals surface area (Å²) in [6.07, 6.45) is -3.97. The number of allylic oxidation sites excluding steroid dienone is 1. The Kier molecular flexibility index (Phi) is 2.83. The summed E-state index contributed by atoms with van der Waals surface area (Å²) in [6, 6.07) is 1.84. The second-order valence-corrected chi connectivity index (χ2v) is 2.40. The Hall–Kier alpha value is -1.46. The van der Waals surface area contributed by atoms with Gasteiger partial charge in [-0.1, -0.05) is 0 Å². The van der Waals surface area contributed by atoms with E-state index in [-0.39, 0.29) is 11.6 Å². The molecular weight excluding hydrogens is 205 g/mol. The normalized spacial score (nSPS) is 13.1. The van der Waals surface area contributed by atoms with E-state index in [4.69, 9.17) is 0 Å². The van der Waals surface area contributed by atoms with Crippen molar-refractivity contribution < 1.29 is 22.0 Å². The molecule has 0 aliphatic carbocycles. The van der Waals surface area contributed by atoms with E-state index in [0.717, 1.165) is 18.3 Å². The third-order valence-electron chi connectivity index (χ3n) is 1.31. The molecule has 1 rings (SSSR count). The predicted octanol–water partition coefficient (Wildman–Crippen LogP) is 3.09. The molecule has 1 aromatic heterocycles. The van der Waals surface area contributed by atoms with Crippen LogP contribution < -0.4 is 0 Å². The van der Waals surface area contributed by atoms with Gasteiger partial charge in [-0.05, 0) is 23.8 Å². The Morgan fingerprint density at radius 3 is 2.36 bits per heavy atom. The maximum Gasteiger partial charge on any atom is 0.442 e. The van der Waals surface area contributed by atoms with Crippen LogP contribution in [0.2, 0.25) is 0 Å². The quantitative estimate of drug-likeness (QED) is 0.511. The summed E-state index contributed by atoms with van der Waals surface area (Å²) in [5.74, 6) is -3.08. The zero-order chi connectivity index (χ0) is 10.8. The summed E-state index contributed by atoms with van der Waals surface area (Å²) in [6.45, 7) is 0. The highest BCUT2D eigenvalue weighted by Crippen LogP contribution is 2.27. The summed E-state index contributed by atoms with van der Waals surface area (Å²) in [5.41, 5.74) is -0.152. The van der Waals surface area contributed by atoms with Crippen molar-refractivity contribution in [1.29, 1.82) is 0 Å². The molecule has 0 unspecified atom stereocenters. The zero-order valence-corrected chi connectivity index (χ0v) is 6.65. The van der Waals surface area contributed by atoms with Gasteiger partial charge in [-0.15, -0.1) is 0 Å². The minimum Gasteiger partial charge on any atom is -0.228 e. The molecule has 0 saturated heterocycles. The van der Waals surface area contributed by atoms with E-state index in [0.29, 0.717) is 0 Å². The van der Waals surface area contributed by atoms with Crippen LogP contribution in [0.3, 0.4) is 0 Å². The number of alkyl halides is 3. The fraction of sp³-hybridized carbons (Fsp3) is 0.125. The second-order valence-electron chi connectivity index (χ2n) is 2.40. The number of hydrogen-bond donors (Lipinski definition) is 0. The van der Waals surface area contributed by atoms with Gasteiger partial charge in [-0.2, -0.15) is 17.6 Å². The van der Waals surface area contributed by atoms with Crippen molar-refractivity contribution in [3.63, 3.8) is 0 Å². The van der Waals surface area contributed by atoms with Crippen LogP contribution >= 0.6 is 0 Å². The molecule has 0 N–H and O–H groups in total. The lowest BCUT2D eigenvalue weighted by atomic mass is 10.2. The fourth-order valence-corrected chi connectivity index (χ4v) is 0.701. The Balaban J connectivity index is 2.93. The van der Waals surface area contributed by atoms with E-state index in [1.165, 1.54) is 0 Å². The van der Waals surface area contributed by atoms with E-state index in [9.17, 15) is 22.0 Å². The molecule has 76 valence electrons. The van der Waals surface area contributed by atoms with E-state index in [2.05, 4.69) is 4.98 Å². The molecular formula is C8H4F5N. The predicted molar refractivity (Wildman–Crippen MR) is 39.3 cm³/mol. The highest BCUT2D eigenvalue weighted by atomic mass is 19.4. The van der Waals surface area contributed by atoms with E-state index in [1.807, 2.05) is 0 Å². The molecule has 0 atom stereocenters. The molecule has 6 heteroatoms. The van der Waals surface area contributed by atoms with Crippen LogP contribution in [0, 0.1) is 5.95 Å². The molecule has 0 aromatic carbocycles. The van der Waals surface area contributed by atoms with Gasteiger partial charge in [0.25, 0.3) is 0 Å². The van der Waals surface area contributed by atoms with Gasteiger partial charge in [0.2, 0.25) is 11.8 Å². The van der Waals surface area contributed by atoms with Gasteiger partial charge < -0.3 is 0 Å². The molecule has 0 saturated carbocycles. The minimum absolute atomic E-state index is 0.152. The van der Waals surface area contributed by atoms with Crippen LogP contribution in [-0.2, 0) is 0 Å². The van der Waals surface area contributed by atoms with Crippen molar-refractivity contribution in [2.24, 2.45) is 0 Å². The Morgan fingerprint density at radius 2 is 1.93 bits per heavy atom. The van der Waals surface area contributed by atoms with E-state index < -0.39 is 18.0 Å². The lowest BCUT2D eigenvalue weighted by molar-refractivity contribution is -0.107. The van der Waals surface area contributed by atoms with Crippen molar-refractivity contribution in [2.45, 2.75) is 6.18 Å². The molecule has 1 aromatic rings. The van der Waals surface area contributed by atoms with Gasteiger partial charge in [-0.3, -0.25) is 0 Å². The first-order valence-electron chi connectivity index (χ1n) is 3.45. The third-order valence-corrected chi connectivity index (χ3v) is 1.31. The summed E-state index contributed by atoms with van der Waals surface area (Å²) in [7, 11) is 0. The monoisotopic (exact) mass is 209 g/mol. The minimum atomic E-state index is -5.02. The average molecular weight is 209 g/mol. The Labute approximate surface area is 75.9 Å². The molecule has 1 heterocycles. The number of halogens is 5. The largest absolute Gasteiger partial charge is 0.442 e. The highest BCUT2D eigenvalue weighted by molar-refractivity contribution is 5.50. The van der Waals surface area contributed by atoms with Crippen molar-refractivity contribution in [1.82, 2.24) is 4.98 Å². The van der Waals surface area contributed by atoms with Crippen LogP contribution in [0.1, 0.15) is 5.56 Å². The van der Waals surface area contributed by atoms with Gasteiger partial charge in [0, 0.05) is 6.20 Å². The maximum atomic E-state index is 12.3. The summed E-state index contributed by atoms with van der Waals surface area (Å²) in [5, 5.41) is 0. The topological polar surface area (TPSA) is 12.9 Å². The zero-order valence-electron chi connectivity index (χ0n) is 6.65. The van der Waals surface area contributed by atoms with Crippen molar-refractivity contribution in [3.8, 4) is 0 Å². The van der Waals surface area contributed by atoms with Gasteiger partial charge >= 0.3 is 6.18 Å². The number of aromatic nitrogens is 1. The second kappa shape index (κ2) is 3.73. The first kappa shape index (κ1) is 10.6. The van der Waals surface area contributed by atoms with Crippen LogP contribution in [0.25, 0.3) is 6.08 Å². The maximum absolute atomic E-state index is 12.3.